The molecule has 0 aliphatic heterocycles. The molecular formula is C13H15NO2S3. The molecule has 0 spiro atoms. The zero-order chi connectivity index (χ0) is 13.9. The molecule has 1 heterocycles. The Balaban J connectivity index is 2.20. The fourth-order valence-electron chi connectivity index (χ4n) is 1.63. The van der Waals surface area contributed by atoms with Crippen molar-refractivity contribution in [2.45, 2.75) is 16.3 Å². The van der Waals surface area contributed by atoms with E-state index in [1.165, 1.54) is 4.31 Å². The number of nitrogens with zero attached hydrogens (tertiary/aromatic N) is 1. The summed E-state index contributed by atoms with van der Waals surface area (Å²) in [7, 11) is -1.80. The second-order valence-corrected chi connectivity index (χ2v) is 7.97. The molecule has 0 fully saturated rings. The molecule has 2 rings (SSSR count). The van der Waals surface area contributed by atoms with Gasteiger partial charge in [0.1, 0.15) is 0 Å². The lowest BCUT2D eigenvalue weighted by molar-refractivity contribution is 0.469. The molecular weight excluding hydrogens is 298 g/mol. The van der Waals surface area contributed by atoms with Crippen LogP contribution < -0.4 is 0 Å². The summed E-state index contributed by atoms with van der Waals surface area (Å²) >= 11 is 3.15. The summed E-state index contributed by atoms with van der Waals surface area (Å²) in [6, 6.07) is 10.8. The molecule has 0 radical (unpaired) electrons. The molecule has 0 aliphatic carbocycles. The maximum atomic E-state index is 12.4. The van der Waals surface area contributed by atoms with E-state index < -0.39 is 10.0 Å². The standard InChI is InChI=1S/C13H15NO2S3/c1-14(10-12-4-3-9-18-12)19(15,16)13-7-5-11(17-2)6-8-13/h3-9H,10H2,1-2H3. The molecule has 0 aliphatic rings. The van der Waals surface area contributed by atoms with Gasteiger partial charge < -0.3 is 0 Å². The first-order valence-electron chi connectivity index (χ1n) is 5.67. The third-order valence-electron chi connectivity index (χ3n) is 2.73. The number of thioether (sulfide) groups is 1. The summed E-state index contributed by atoms with van der Waals surface area (Å²) in [4.78, 5) is 2.43. The van der Waals surface area contributed by atoms with E-state index in [0.29, 0.717) is 11.4 Å². The van der Waals surface area contributed by atoms with Crippen molar-refractivity contribution in [2.75, 3.05) is 13.3 Å². The van der Waals surface area contributed by atoms with Crippen molar-refractivity contribution in [3.05, 3.63) is 46.7 Å². The van der Waals surface area contributed by atoms with Crippen LogP contribution in [0.25, 0.3) is 0 Å². The molecule has 0 saturated carbocycles. The molecule has 0 saturated heterocycles. The lowest BCUT2D eigenvalue weighted by Gasteiger charge is -2.16. The van der Waals surface area contributed by atoms with Crippen molar-refractivity contribution in [1.29, 1.82) is 0 Å². The number of sulfonamides is 1. The van der Waals surface area contributed by atoms with Gasteiger partial charge in [-0.3, -0.25) is 0 Å². The van der Waals surface area contributed by atoms with E-state index in [2.05, 4.69) is 0 Å². The summed E-state index contributed by atoms with van der Waals surface area (Å²) in [6.45, 7) is 0.407. The molecule has 19 heavy (non-hydrogen) atoms. The van der Waals surface area contributed by atoms with Crippen LogP contribution in [0.5, 0.6) is 0 Å². The number of rotatable bonds is 5. The van der Waals surface area contributed by atoms with Gasteiger partial charge in [-0.2, -0.15) is 4.31 Å². The zero-order valence-corrected chi connectivity index (χ0v) is 13.2. The Kier molecular flexibility index (Phi) is 4.67. The molecule has 0 N–H and O–H groups in total. The molecule has 0 amide bonds. The van der Waals surface area contributed by atoms with Crippen LogP contribution in [0.4, 0.5) is 0 Å². The van der Waals surface area contributed by atoms with Crippen molar-refractivity contribution < 1.29 is 8.42 Å². The van der Waals surface area contributed by atoms with E-state index in [9.17, 15) is 8.42 Å². The minimum Gasteiger partial charge on any atom is -0.207 e. The van der Waals surface area contributed by atoms with Crippen LogP contribution in [0.1, 0.15) is 4.88 Å². The van der Waals surface area contributed by atoms with Crippen LogP contribution in [-0.4, -0.2) is 26.0 Å². The van der Waals surface area contributed by atoms with Gasteiger partial charge >= 0.3 is 0 Å². The minimum absolute atomic E-state index is 0.337. The number of hydrogen-bond donors (Lipinski definition) is 0. The lowest BCUT2D eigenvalue weighted by Crippen LogP contribution is -2.26. The van der Waals surface area contributed by atoms with Gasteiger partial charge in [0.2, 0.25) is 10.0 Å². The van der Waals surface area contributed by atoms with E-state index in [-0.39, 0.29) is 0 Å². The first-order chi connectivity index (χ1) is 9.04. The molecule has 2 aromatic rings. The minimum atomic E-state index is -3.41. The van der Waals surface area contributed by atoms with E-state index in [0.717, 1.165) is 9.77 Å². The topological polar surface area (TPSA) is 37.4 Å². The highest BCUT2D eigenvalue weighted by molar-refractivity contribution is 7.98. The highest BCUT2D eigenvalue weighted by Crippen LogP contribution is 2.21. The molecule has 3 nitrogen and oxygen atoms in total. The van der Waals surface area contributed by atoms with Gasteiger partial charge in [0.15, 0.2) is 0 Å². The molecule has 0 bridgehead atoms. The highest BCUT2D eigenvalue weighted by Gasteiger charge is 2.20. The summed E-state index contributed by atoms with van der Waals surface area (Å²) in [5.74, 6) is 0. The van der Waals surface area contributed by atoms with Crippen LogP contribution in [0.15, 0.2) is 51.6 Å². The van der Waals surface area contributed by atoms with Crippen LogP contribution >= 0.6 is 23.1 Å². The van der Waals surface area contributed by atoms with Gasteiger partial charge in [-0.05, 0) is 42.0 Å². The van der Waals surface area contributed by atoms with Gasteiger partial charge in [0, 0.05) is 23.4 Å². The van der Waals surface area contributed by atoms with Crippen molar-refractivity contribution in [3.63, 3.8) is 0 Å². The number of benzene rings is 1. The molecule has 1 aromatic carbocycles. The monoisotopic (exact) mass is 313 g/mol. The summed E-state index contributed by atoms with van der Waals surface area (Å²) < 4.78 is 26.1. The van der Waals surface area contributed by atoms with Crippen LogP contribution in [0, 0.1) is 0 Å². The van der Waals surface area contributed by atoms with E-state index in [1.807, 2.05) is 35.9 Å². The van der Waals surface area contributed by atoms with Crippen LogP contribution in [0.3, 0.4) is 0 Å². The molecule has 0 unspecified atom stereocenters. The SMILES string of the molecule is CSc1ccc(S(=O)(=O)N(C)Cc2cccs2)cc1. The van der Waals surface area contributed by atoms with Crippen LogP contribution in [0.2, 0.25) is 0 Å². The van der Waals surface area contributed by atoms with Gasteiger partial charge in [-0.15, -0.1) is 23.1 Å². The Bertz CT molecular complexity index is 618. The van der Waals surface area contributed by atoms with Crippen molar-refractivity contribution >= 4 is 33.1 Å². The second-order valence-electron chi connectivity index (χ2n) is 4.02. The Morgan fingerprint density at radius 3 is 2.42 bits per heavy atom. The summed E-state index contributed by atoms with van der Waals surface area (Å²) in [5, 5.41) is 1.95. The normalized spacial score (nSPS) is 11.9. The van der Waals surface area contributed by atoms with E-state index in [1.54, 1.807) is 42.3 Å². The predicted molar refractivity (Wildman–Crippen MR) is 81.2 cm³/mol. The maximum absolute atomic E-state index is 12.4. The highest BCUT2D eigenvalue weighted by atomic mass is 32.2. The second kappa shape index (κ2) is 6.09. The van der Waals surface area contributed by atoms with Crippen molar-refractivity contribution in [2.24, 2.45) is 0 Å². The van der Waals surface area contributed by atoms with Gasteiger partial charge in [0.05, 0.1) is 4.90 Å². The number of hydrogen-bond acceptors (Lipinski definition) is 4. The molecule has 1 aromatic heterocycles. The Morgan fingerprint density at radius 2 is 1.89 bits per heavy atom. The smallest absolute Gasteiger partial charge is 0.207 e. The van der Waals surface area contributed by atoms with Crippen LogP contribution in [-0.2, 0) is 16.6 Å². The van der Waals surface area contributed by atoms with Crippen molar-refractivity contribution in [1.82, 2.24) is 4.31 Å². The molecule has 6 heteroatoms. The Labute approximate surface area is 122 Å². The zero-order valence-electron chi connectivity index (χ0n) is 10.7. The predicted octanol–water partition coefficient (Wildman–Crippen LogP) is 3.29. The first kappa shape index (κ1) is 14.6. The fourth-order valence-corrected chi connectivity index (χ4v) is 4.03. The lowest BCUT2D eigenvalue weighted by atomic mass is 10.4. The fraction of sp³-hybridized carbons (Fsp3) is 0.231. The molecule has 0 atom stereocenters. The average molecular weight is 313 g/mol. The Morgan fingerprint density at radius 1 is 1.21 bits per heavy atom. The Hall–Kier alpha value is -0.820. The van der Waals surface area contributed by atoms with Gasteiger partial charge in [0.25, 0.3) is 0 Å². The third kappa shape index (κ3) is 3.39. The van der Waals surface area contributed by atoms with Gasteiger partial charge in [-0.1, -0.05) is 6.07 Å². The first-order valence-corrected chi connectivity index (χ1v) is 9.21. The third-order valence-corrected chi connectivity index (χ3v) is 6.15. The summed E-state index contributed by atoms with van der Waals surface area (Å²) in [5.41, 5.74) is 0. The van der Waals surface area contributed by atoms with E-state index >= 15 is 0 Å². The largest absolute Gasteiger partial charge is 0.243 e. The molecule has 102 valence electrons. The number of thiophene rings is 1. The average Bonchev–Trinajstić information content (AvgIpc) is 2.91. The van der Waals surface area contributed by atoms with E-state index in [4.69, 9.17) is 0 Å². The quantitative estimate of drug-likeness (QED) is 0.795. The van der Waals surface area contributed by atoms with Gasteiger partial charge in [-0.25, -0.2) is 8.42 Å². The summed E-state index contributed by atoms with van der Waals surface area (Å²) in [6.07, 6.45) is 1.96. The maximum Gasteiger partial charge on any atom is 0.243 e. The van der Waals surface area contributed by atoms with Crippen molar-refractivity contribution in [3.8, 4) is 0 Å².